The van der Waals surface area contributed by atoms with Gasteiger partial charge in [0.15, 0.2) is 11.6 Å². The van der Waals surface area contributed by atoms with Crippen LogP contribution in [-0.4, -0.2) is 43.6 Å². The predicted molar refractivity (Wildman–Crippen MR) is 92.0 cm³/mol. The lowest BCUT2D eigenvalue weighted by Gasteiger charge is -2.18. The van der Waals surface area contributed by atoms with Crippen molar-refractivity contribution in [3.05, 3.63) is 36.0 Å². The molecule has 2 aromatic rings. The molecule has 6 heteroatoms. The van der Waals surface area contributed by atoms with Crippen molar-refractivity contribution in [1.29, 1.82) is 0 Å². The Kier molecular flexibility index (Phi) is 4.64. The fourth-order valence-electron chi connectivity index (χ4n) is 3.06. The first-order valence-corrected chi connectivity index (χ1v) is 8.61. The second-order valence-corrected chi connectivity index (χ2v) is 7.18. The van der Waals surface area contributed by atoms with Crippen LogP contribution < -0.4 is 0 Å². The highest BCUT2D eigenvalue weighted by molar-refractivity contribution is 5.79. The summed E-state index contributed by atoms with van der Waals surface area (Å²) in [5.74, 6) is 3.36. The summed E-state index contributed by atoms with van der Waals surface area (Å²) in [4.78, 5) is 23.4. The van der Waals surface area contributed by atoms with E-state index >= 15 is 0 Å². The summed E-state index contributed by atoms with van der Waals surface area (Å²) in [6.07, 6.45) is 2.25. The highest BCUT2D eigenvalue weighted by atomic mass is 16.2. The monoisotopic (exact) mass is 327 g/mol. The van der Waals surface area contributed by atoms with Crippen LogP contribution in [0.5, 0.6) is 0 Å². The molecule has 1 fully saturated rings. The molecular weight excluding hydrogens is 302 g/mol. The maximum absolute atomic E-state index is 12.3. The Bertz CT molecular complexity index is 707. The fourth-order valence-corrected chi connectivity index (χ4v) is 3.06. The molecular formula is C18H25N5O. The quantitative estimate of drug-likeness (QED) is 0.847. The molecule has 1 aliphatic rings. The maximum Gasteiger partial charge on any atom is 0.223 e. The van der Waals surface area contributed by atoms with Crippen LogP contribution in [0.1, 0.15) is 57.6 Å². The fraction of sp³-hybridized carbons (Fsp3) is 0.556. The molecule has 0 aromatic carbocycles. The van der Waals surface area contributed by atoms with E-state index in [1.807, 2.05) is 27.8 Å². The Morgan fingerprint density at radius 1 is 1.25 bits per heavy atom. The van der Waals surface area contributed by atoms with E-state index in [0.717, 1.165) is 24.0 Å². The Hall–Kier alpha value is -2.24. The van der Waals surface area contributed by atoms with Crippen LogP contribution in [0.15, 0.2) is 24.4 Å². The summed E-state index contributed by atoms with van der Waals surface area (Å²) in [7, 11) is 0. The van der Waals surface area contributed by atoms with Gasteiger partial charge in [0, 0.05) is 37.5 Å². The van der Waals surface area contributed by atoms with Crippen molar-refractivity contribution in [2.24, 2.45) is 5.92 Å². The summed E-state index contributed by atoms with van der Waals surface area (Å²) in [5.41, 5.74) is 0. The van der Waals surface area contributed by atoms with Crippen molar-refractivity contribution in [3.8, 4) is 5.82 Å². The van der Waals surface area contributed by atoms with E-state index in [4.69, 9.17) is 4.98 Å². The van der Waals surface area contributed by atoms with Crippen molar-refractivity contribution in [2.45, 2.75) is 46.0 Å². The van der Waals surface area contributed by atoms with Crippen LogP contribution >= 0.6 is 0 Å². The normalized spacial score (nSPS) is 18.2. The number of aromatic nitrogens is 4. The first-order valence-electron chi connectivity index (χ1n) is 8.61. The molecule has 6 nitrogen and oxygen atoms in total. The Morgan fingerprint density at radius 3 is 2.67 bits per heavy atom. The Morgan fingerprint density at radius 2 is 2.04 bits per heavy atom. The zero-order chi connectivity index (χ0) is 17.3. The SMILES string of the molecule is CC(C)CN1C[C@H](c2nc(C(C)C)nn2-c2ccccn2)CC1=O. The van der Waals surface area contributed by atoms with Crippen LogP contribution in [0.3, 0.4) is 0 Å². The van der Waals surface area contributed by atoms with Crippen molar-refractivity contribution >= 4 is 5.91 Å². The molecule has 3 rings (SSSR count). The van der Waals surface area contributed by atoms with E-state index in [1.54, 1.807) is 6.20 Å². The molecule has 1 atom stereocenters. The smallest absolute Gasteiger partial charge is 0.223 e. The second kappa shape index (κ2) is 6.71. The van der Waals surface area contributed by atoms with E-state index < -0.39 is 0 Å². The summed E-state index contributed by atoms with van der Waals surface area (Å²) in [6.45, 7) is 9.92. The van der Waals surface area contributed by atoms with Crippen molar-refractivity contribution in [2.75, 3.05) is 13.1 Å². The van der Waals surface area contributed by atoms with Crippen LogP contribution in [-0.2, 0) is 4.79 Å². The van der Waals surface area contributed by atoms with Gasteiger partial charge in [-0.25, -0.2) is 9.97 Å². The second-order valence-electron chi connectivity index (χ2n) is 7.18. The highest BCUT2D eigenvalue weighted by Gasteiger charge is 2.34. The van der Waals surface area contributed by atoms with Crippen molar-refractivity contribution < 1.29 is 4.79 Å². The molecule has 0 radical (unpaired) electrons. The largest absolute Gasteiger partial charge is 0.342 e. The van der Waals surface area contributed by atoms with Gasteiger partial charge >= 0.3 is 0 Å². The zero-order valence-electron chi connectivity index (χ0n) is 14.8. The van der Waals surface area contributed by atoms with Crippen molar-refractivity contribution in [1.82, 2.24) is 24.6 Å². The maximum atomic E-state index is 12.3. The molecule has 1 aliphatic heterocycles. The average Bonchev–Trinajstić information content (AvgIpc) is 3.12. The summed E-state index contributed by atoms with van der Waals surface area (Å²) in [5, 5.41) is 4.65. The predicted octanol–water partition coefficient (Wildman–Crippen LogP) is 2.76. The molecule has 0 bridgehead atoms. The number of hydrogen-bond donors (Lipinski definition) is 0. The lowest BCUT2D eigenvalue weighted by atomic mass is 10.1. The van der Waals surface area contributed by atoms with Gasteiger partial charge in [-0.2, -0.15) is 4.68 Å². The van der Waals surface area contributed by atoms with Crippen molar-refractivity contribution in [3.63, 3.8) is 0 Å². The topological polar surface area (TPSA) is 63.9 Å². The average molecular weight is 327 g/mol. The van der Waals surface area contributed by atoms with E-state index in [0.29, 0.717) is 18.9 Å². The van der Waals surface area contributed by atoms with Gasteiger partial charge < -0.3 is 4.90 Å². The lowest BCUT2D eigenvalue weighted by molar-refractivity contribution is -0.128. The molecule has 1 amide bonds. The standard InChI is InChI=1S/C18H25N5O/c1-12(2)10-22-11-14(9-16(22)24)18-20-17(13(3)4)21-23(18)15-7-5-6-8-19-15/h5-8,12-14H,9-11H2,1-4H3/t14-/m1/s1. The van der Waals surface area contributed by atoms with Gasteiger partial charge in [0.05, 0.1) is 0 Å². The molecule has 0 unspecified atom stereocenters. The molecule has 0 saturated carbocycles. The summed E-state index contributed by atoms with van der Waals surface area (Å²) >= 11 is 0. The van der Waals surface area contributed by atoms with Crippen LogP contribution in [0, 0.1) is 5.92 Å². The zero-order valence-corrected chi connectivity index (χ0v) is 14.8. The molecule has 0 spiro atoms. The number of hydrogen-bond acceptors (Lipinski definition) is 4. The van der Waals surface area contributed by atoms with E-state index in [9.17, 15) is 4.79 Å². The minimum absolute atomic E-state index is 0.0678. The minimum atomic E-state index is 0.0678. The molecule has 1 saturated heterocycles. The Balaban J connectivity index is 1.94. The van der Waals surface area contributed by atoms with E-state index in [-0.39, 0.29) is 17.7 Å². The van der Waals surface area contributed by atoms with Gasteiger partial charge in [-0.3, -0.25) is 4.79 Å². The molecule has 2 aromatic heterocycles. The van der Waals surface area contributed by atoms with Gasteiger partial charge in [0.1, 0.15) is 5.82 Å². The Labute approximate surface area is 142 Å². The highest BCUT2D eigenvalue weighted by Crippen LogP contribution is 2.29. The first-order chi connectivity index (χ1) is 11.5. The molecule has 24 heavy (non-hydrogen) atoms. The van der Waals surface area contributed by atoms with Gasteiger partial charge in [-0.1, -0.05) is 33.8 Å². The van der Waals surface area contributed by atoms with E-state index in [1.165, 1.54) is 0 Å². The number of pyridine rings is 1. The number of carbonyl (C=O) groups is 1. The molecule has 3 heterocycles. The van der Waals surface area contributed by atoms with Crippen LogP contribution in [0.4, 0.5) is 0 Å². The van der Waals surface area contributed by atoms with E-state index in [2.05, 4.69) is 37.8 Å². The number of likely N-dealkylation sites (tertiary alicyclic amines) is 1. The lowest BCUT2D eigenvalue weighted by Crippen LogP contribution is -2.29. The minimum Gasteiger partial charge on any atom is -0.342 e. The molecule has 128 valence electrons. The molecule has 0 aliphatic carbocycles. The summed E-state index contributed by atoms with van der Waals surface area (Å²) in [6, 6.07) is 5.74. The van der Waals surface area contributed by atoms with Crippen LogP contribution in [0.2, 0.25) is 0 Å². The van der Waals surface area contributed by atoms with Gasteiger partial charge in [-0.15, -0.1) is 5.10 Å². The first kappa shape index (κ1) is 16.6. The third-order valence-electron chi connectivity index (χ3n) is 4.20. The van der Waals surface area contributed by atoms with Crippen LogP contribution in [0.25, 0.3) is 5.82 Å². The third-order valence-corrected chi connectivity index (χ3v) is 4.20. The number of carbonyl (C=O) groups excluding carboxylic acids is 1. The summed E-state index contributed by atoms with van der Waals surface area (Å²) < 4.78 is 1.81. The number of nitrogens with zero attached hydrogens (tertiary/aromatic N) is 5. The molecule has 0 N–H and O–H groups in total. The third kappa shape index (κ3) is 3.32. The number of amides is 1. The number of rotatable bonds is 5. The van der Waals surface area contributed by atoms with Gasteiger partial charge in [-0.05, 0) is 18.1 Å². The van der Waals surface area contributed by atoms with Gasteiger partial charge in [0.2, 0.25) is 5.91 Å². The van der Waals surface area contributed by atoms with Gasteiger partial charge in [0.25, 0.3) is 0 Å².